The van der Waals surface area contributed by atoms with Crippen LogP contribution in [-0.2, 0) is 19.1 Å². The number of fused-ring (bicyclic) bond motifs is 1. The Morgan fingerprint density at radius 2 is 1.84 bits per heavy atom. The van der Waals surface area contributed by atoms with E-state index < -0.39 is 12.1 Å². The number of likely N-dealkylation sites (tertiary alicyclic amines) is 1. The van der Waals surface area contributed by atoms with Crippen LogP contribution in [0.15, 0.2) is 24.3 Å². The lowest BCUT2D eigenvalue weighted by atomic mass is 9.87. The highest BCUT2D eigenvalue weighted by molar-refractivity contribution is 7.99. The molecule has 1 N–H and O–H groups in total. The zero-order valence-electron chi connectivity index (χ0n) is 23.3. The number of nitrogens with one attached hydrogen (secondary N) is 1. The van der Waals surface area contributed by atoms with Gasteiger partial charge < -0.3 is 24.6 Å². The summed E-state index contributed by atoms with van der Waals surface area (Å²) in [6, 6.07) is 6.31. The van der Waals surface area contributed by atoms with Crippen LogP contribution in [0.3, 0.4) is 0 Å². The summed E-state index contributed by atoms with van der Waals surface area (Å²) >= 11 is 1.61. The Hall–Kier alpha value is -2.14. The Balaban J connectivity index is 1.42. The van der Waals surface area contributed by atoms with Crippen LogP contribution in [0.5, 0.6) is 0 Å². The molecule has 9 nitrogen and oxygen atoms in total. The van der Waals surface area contributed by atoms with E-state index in [1.807, 2.05) is 51.3 Å². The third-order valence-corrected chi connectivity index (χ3v) is 8.65. The number of carbonyl (C=O) groups excluding carboxylic acids is 3. The second-order valence-corrected chi connectivity index (χ2v) is 12.7. The fraction of sp³-hybridized carbons (Fsp3) is 0.679. The van der Waals surface area contributed by atoms with E-state index in [1.54, 1.807) is 23.8 Å². The lowest BCUT2D eigenvalue weighted by Crippen LogP contribution is -2.53. The predicted molar refractivity (Wildman–Crippen MR) is 150 cm³/mol. The lowest BCUT2D eigenvalue weighted by molar-refractivity contribution is -0.138. The van der Waals surface area contributed by atoms with Crippen molar-refractivity contribution in [1.29, 1.82) is 0 Å². The number of amides is 2. The van der Waals surface area contributed by atoms with E-state index in [0.29, 0.717) is 18.5 Å². The molecule has 0 radical (unpaired) electrons. The van der Waals surface area contributed by atoms with Gasteiger partial charge in [-0.2, -0.15) is 11.8 Å². The molecule has 0 aliphatic carbocycles. The van der Waals surface area contributed by atoms with E-state index in [2.05, 4.69) is 15.1 Å². The number of benzene rings is 1. The van der Waals surface area contributed by atoms with E-state index in [9.17, 15) is 14.4 Å². The molecule has 0 spiro atoms. The summed E-state index contributed by atoms with van der Waals surface area (Å²) in [7, 11) is 1.73. The van der Waals surface area contributed by atoms with E-state index in [1.165, 1.54) is 0 Å². The molecular weight excluding hydrogens is 504 g/mol. The Kier molecular flexibility index (Phi) is 9.39. The van der Waals surface area contributed by atoms with E-state index in [0.717, 1.165) is 45.0 Å². The fourth-order valence-corrected chi connectivity index (χ4v) is 6.38. The van der Waals surface area contributed by atoms with Gasteiger partial charge >= 0.3 is 0 Å². The lowest BCUT2D eigenvalue weighted by Gasteiger charge is -2.36. The zero-order chi connectivity index (χ0) is 27.4. The molecular formula is C28H42N4O5S. The Bertz CT molecular complexity index is 990. The number of ether oxygens (including phenoxy) is 2. The summed E-state index contributed by atoms with van der Waals surface area (Å²) in [6.07, 6.45) is 2.17. The molecule has 3 heterocycles. The summed E-state index contributed by atoms with van der Waals surface area (Å²) in [5, 5.41) is 3.05. The van der Waals surface area contributed by atoms with Crippen LogP contribution in [0.1, 0.15) is 37.6 Å². The maximum absolute atomic E-state index is 13.8. The van der Waals surface area contributed by atoms with Gasteiger partial charge in [0.1, 0.15) is 18.7 Å². The smallest absolute Gasteiger partial charge is 0.251 e. The van der Waals surface area contributed by atoms with Crippen LogP contribution >= 0.6 is 11.8 Å². The van der Waals surface area contributed by atoms with Gasteiger partial charge in [0.25, 0.3) is 5.91 Å². The molecule has 3 aliphatic heterocycles. The topological polar surface area (TPSA) is 91.4 Å². The number of thioether (sulfide) groups is 1. The second kappa shape index (κ2) is 12.4. The standard InChI is InChI=1S/C28H42N4O5S/c1-28(2,3)16-21(27(35)32-17-23(38-5)25-24(32)22(33)18-37-25)29-26(34)19-6-8-20(9-7-19)31-12-10-30(11-13-31)14-15-36-4/h6-9,21,23-25H,10-18H2,1-5H3,(H,29,34)/t21-,23-,24+,25+/m0/s1. The van der Waals surface area contributed by atoms with Crippen LogP contribution < -0.4 is 10.2 Å². The predicted octanol–water partition coefficient (Wildman–Crippen LogP) is 1.90. The Morgan fingerprint density at radius 3 is 2.45 bits per heavy atom. The summed E-state index contributed by atoms with van der Waals surface area (Å²) in [4.78, 5) is 46.0. The van der Waals surface area contributed by atoms with Gasteiger partial charge in [-0.05, 0) is 42.4 Å². The minimum atomic E-state index is -0.725. The van der Waals surface area contributed by atoms with Crippen molar-refractivity contribution in [3.63, 3.8) is 0 Å². The number of carbonyl (C=O) groups is 3. The van der Waals surface area contributed by atoms with Gasteiger partial charge in [-0.1, -0.05) is 20.8 Å². The normalized spacial score (nSPS) is 25.0. The van der Waals surface area contributed by atoms with Crippen molar-refractivity contribution in [3.05, 3.63) is 29.8 Å². The summed E-state index contributed by atoms with van der Waals surface area (Å²) in [5.41, 5.74) is 1.40. The Labute approximate surface area is 230 Å². The van der Waals surface area contributed by atoms with Gasteiger partial charge in [0.2, 0.25) is 5.91 Å². The number of hydrogen-bond donors (Lipinski definition) is 1. The summed E-state index contributed by atoms with van der Waals surface area (Å²) in [6.45, 7) is 12.1. The van der Waals surface area contributed by atoms with Gasteiger partial charge in [0, 0.05) is 57.6 Å². The summed E-state index contributed by atoms with van der Waals surface area (Å²) < 4.78 is 10.9. The molecule has 3 aliphatic rings. The number of Topliss-reactive ketones (excluding diaryl/α,β-unsaturated/α-hetero) is 1. The first kappa shape index (κ1) is 28.9. The highest BCUT2D eigenvalue weighted by Crippen LogP contribution is 2.34. The number of ketones is 1. The molecule has 0 aromatic heterocycles. The quantitative estimate of drug-likeness (QED) is 0.502. The first-order valence-corrected chi connectivity index (χ1v) is 14.7. The van der Waals surface area contributed by atoms with Crippen molar-refractivity contribution in [2.75, 3.05) is 70.7 Å². The minimum absolute atomic E-state index is 0.0427. The molecule has 1 aromatic rings. The maximum Gasteiger partial charge on any atom is 0.251 e. The zero-order valence-corrected chi connectivity index (χ0v) is 24.1. The second-order valence-electron chi connectivity index (χ2n) is 11.6. The monoisotopic (exact) mass is 546 g/mol. The van der Waals surface area contributed by atoms with Gasteiger partial charge in [-0.25, -0.2) is 0 Å². The fourth-order valence-electron chi connectivity index (χ4n) is 5.57. The van der Waals surface area contributed by atoms with Crippen LogP contribution in [0.2, 0.25) is 0 Å². The molecule has 2 amide bonds. The van der Waals surface area contributed by atoms with E-state index in [-0.39, 0.29) is 41.0 Å². The molecule has 3 saturated heterocycles. The Morgan fingerprint density at radius 1 is 1.16 bits per heavy atom. The van der Waals surface area contributed by atoms with Crippen LogP contribution in [-0.4, -0.2) is 117 Å². The minimum Gasteiger partial charge on any atom is -0.383 e. The maximum atomic E-state index is 13.8. The molecule has 210 valence electrons. The summed E-state index contributed by atoms with van der Waals surface area (Å²) in [5.74, 6) is -0.549. The molecule has 38 heavy (non-hydrogen) atoms. The average molecular weight is 547 g/mol. The SMILES string of the molecule is COCCN1CCN(c2ccc(C(=O)N[C@@H](CC(C)(C)C)C(=O)N3C[C@H](SC)[C@H]4OCC(=O)[C@H]43)cc2)CC1. The van der Waals surface area contributed by atoms with Gasteiger partial charge in [-0.3, -0.25) is 19.3 Å². The number of piperazine rings is 1. The van der Waals surface area contributed by atoms with Crippen LogP contribution in [0.4, 0.5) is 5.69 Å². The van der Waals surface area contributed by atoms with E-state index >= 15 is 0 Å². The van der Waals surface area contributed by atoms with Gasteiger partial charge in [-0.15, -0.1) is 0 Å². The average Bonchev–Trinajstić information content (AvgIpc) is 3.46. The number of hydrogen-bond acceptors (Lipinski definition) is 8. The van der Waals surface area contributed by atoms with Gasteiger partial charge in [0.15, 0.2) is 5.78 Å². The number of methoxy groups -OCH3 is 1. The largest absolute Gasteiger partial charge is 0.383 e. The van der Waals surface area contributed by atoms with Crippen molar-refractivity contribution >= 4 is 35.0 Å². The molecule has 10 heteroatoms. The molecule has 4 atom stereocenters. The molecule has 4 rings (SSSR count). The van der Waals surface area contributed by atoms with Crippen molar-refractivity contribution in [1.82, 2.24) is 15.1 Å². The van der Waals surface area contributed by atoms with E-state index in [4.69, 9.17) is 9.47 Å². The van der Waals surface area contributed by atoms with Crippen LogP contribution in [0.25, 0.3) is 0 Å². The molecule has 1 aromatic carbocycles. The molecule has 3 fully saturated rings. The first-order chi connectivity index (χ1) is 18.1. The van der Waals surface area contributed by atoms with Crippen molar-refractivity contribution in [2.24, 2.45) is 5.41 Å². The highest BCUT2D eigenvalue weighted by Gasteiger charge is 2.53. The van der Waals surface area contributed by atoms with Crippen LogP contribution in [0, 0.1) is 5.41 Å². The van der Waals surface area contributed by atoms with Crippen molar-refractivity contribution in [2.45, 2.75) is 50.6 Å². The number of rotatable bonds is 9. The van der Waals surface area contributed by atoms with Crippen molar-refractivity contribution in [3.8, 4) is 0 Å². The molecule has 0 unspecified atom stereocenters. The molecule has 0 bridgehead atoms. The highest BCUT2D eigenvalue weighted by atomic mass is 32.2. The molecule has 0 saturated carbocycles. The van der Waals surface area contributed by atoms with Gasteiger partial charge in [0.05, 0.1) is 18.0 Å². The third-order valence-electron chi connectivity index (χ3n) is 7.62. The first-order valence-electron chi connectivity index (χ1n) is 13.5. The third kappa shape index (κ3) is 6.70. The number of nitrogens with zero attached hydrogens (tertiary/aromatic N) is 3. The number of anilines is 1. The van der Waals surface area contributed by atoms with Crippen molar-refractivity contribution < 1.29 is 23.9 Å².